The van der Waals surface area contributed by atoms with Gasteiger partial charge in [0.1, 0.15) is 6.10 Å². The molecule has 0 fully saturated rings. The molecule has 0 radical (unpaired) electrons. The predicted octanol–water partition coefficient (Wildman–Crippen LogP) is 3.01. The summed E-state index contributed by atoms with van der Waals surface area (Å²) >= 11 is 8.02. The highest BCUT2D eigenvalue weighted by molar-refractivity contribution is 14.1. The Hall–Kier alpha value is 0.820. The zero-order valence-electron chi connectivity index (χ0n) is 8.19. The second-order valence-corrected chi connectivity index (χ2v) is 12.1. The lowest BCUT2D eigenvalue weighted by Crippen LogP contribution is -2.31. The summed E-state index contributed by atoms with van der Waals surface area (Å²) in [5.41, 5.74) is 0.542. The van der Waals surface area contributed by atoms with Crippen LogP contribution in [0.3, 0.4) is 0 Å². The zero-order chi connectivity index (χ0) is 12.6. The molecule has 0 heterocycles. The van der Waals surface area contributed by atoms with Crippen molar-refractivity contribution in [1.82, 2.24) is 0 Å². The summed E-state index contributed by atoms with van der Waals surface area (Å²) in [6.07, 6.45) is -0.0489. The second-order valence-electron chi connectivity index (χ2n) is 3.29. The van der Waals surface area contributed by atoms with Crippen LogP contribution in [-0.2, 0) is 9.84 Å². The van der Waals surface area contributed by atoms with Crippen molar-refractivity contribution in [2.24, 2.45) is 0 Å². The highest BCUT2D eigenvalue weighted by Crippen LogP contribution is 2.44. The van der Waals surface area contributed by atoms with Gasteiger partial charge in [-0.15, -0.1) is 0 Å². The largest absolute Gasteiger partial charge is 0.385 e. The molecule has 7 heteroatoms. The molecule has 1 aromatic carbocycles. The maximum atomic E-state index is 11.5. The van der Waals surface area contributed by atoms with Crippen LogP contribution >= 0.6 is 54.5 Å². The Balaban J connectivity index is 3.12. The van der Waals surface area contributed by atoms with Gasteiger partial charge in [-0.05, 0) is 40.3 Å². The lowest BCUT2D eigenvalue weighted by Gasteiger charge is -2.25. The molecule has 0 aliphatic heterocycles. The number of hydrogen-bond donors (Lipinski definition) is 1. The SMILES string of the molecule is CS(=O)(=O)[C@](Br)(I)[C@@H](O)c1ccc(Br)cc1. The number of alkyl halides is 2. The zero-order valence-corrected chi connectivity index (χ0v) is 14.3. The summed E-state index contributed by atoms with van der Waals surface area (Å²) in [4.78, 5) is 0. The molecule has 0 aliphatic carbocycles. The van der Waals surface area contributed by atoms with Crippen molar-refractivity contribution in [1.29, 1.82) is 0 Å². The lowest BCUT2D eigenvalue weighted by atomic mass is 10.1. The van der Waals surface area contributed by atoms with Crippen LogP contribution in [0.5, 0.6) is 0 Å². The monoisotopic (exact) mass is 482 g/mol. The highest BCUT2D eigenvalue weighted by Gasteiger charge is 2.43. The quantitative estimate of drug-likeness (QED) is 0.531. The normalized spacial score (nSPS) is 17.8. The van der Waals surface area contributed by atoms with Crippen LogP contribution in [0.15, 0.2) is 28.7 Å². The fraction of sp³-hybridized carbons (Fsp3) is 0.333. The molecule has 0 saturated carbocycles. The first-order valence-electron chi connectivity index (χ1n) is 4.17. The van der Waals surface area contributed by atoms with E-state index in [0.29, 0.717) is 5.56 Å². The Morgan fingerprint density at radius 3 is 2.19 bits per heavy atom. The van der Waals surface area contributed by atoms with Crippen molar-refractivity contribution in [3.05, 3.63) is 34.3 Å². The minimum atomic E-state index is -3.42. The smallest absolute Gasteiger partial charge is 0.206 e. The molecule has 0 saturated heterocycles. The molecule has 1 rings (SSSR count). The summed E-state index contributed by atoms with van der Waals surface area (Å²) in [7, 11) is -3.42. The maximum Gasteiger partial charge on any atom is 0.206 e. The van der Waals surface area contributed by atoms with Crippen molar-refractivity contribution in [2.75, 3.05) is 6.26 Å². The molecular formula is C9H9Br2IO3S. The van der Waals surface area contributed by atoms with E-state index in [9.17, 15) is 13.5 Å². The molecule has 0 spiro atoms. The Morgan fingerprint density at radius 1 is 1.38 bits per heavy atom. The van der Waals surface area contributed by atoms with Crippen molar-refractivity contribution >= 4 is 64.3 Å². The molecule has 0 bridgehead atoms. The second kappa shape index (κ2) is 5.21. The first kappa shape index (κ1) is 14.9. The molecule has 90 valence electrons. The minimum absolute atomic E-state index is 0.542. The van der Waals surface area contributed by atoms with E-state index in [1.54, 1.807) is 46.9 Å². The Bertz CT molecular complexity index is 470. The topological polar surface area (TPSA) is 54.4 Å². The van der Waals surface area contributed by atoms with Gasteiger partial charge in [-0.1, -0.05) is 44.0 Å². The van der Waals surface area contributed by atoms with Crippen molar-refractivity contribution in [2.45, 2.75) is 7.77 Å². The van der Waals surface area contributed by atoms with Crippen LogP contribution in [0.1, 0.15) is 11.7 Å². The van der Waals surface area contributed by atoms with E-state index in [1.807, 2.05) is 0 Å². The number of benzene rings is 1. The third-order valence-corrected chi connectivity index (χ3v) is 8.93. The van der Waals surface area contributed by atoms with E-state index in [2.05, 4.69) is 31.9 Å². The minimum Gasteiger partial charge on any atom is -0.385 e. The van der Waals surface area contributed by atoms with Gasteiger partial charge < -0.3 is 5.11 Å². The molecule has 0 aliphatic rings. The van der Waals surface area contributed by atoms with E-state index in [1.165, 1.54) is 0 Å². The lowest BCUT2D eigenvalue weighted by molar-refractivity contribution is 0.191. The third kappa shape index (κ3) is 3.18. The molecule has 16 heavy (non-hydrogen) atoms. The number of hydrogen-bond acceptors (Lipinski definition) is 3. The number of aliphatic hydroxyl groups is 1. The summed E-state index contributed by atoms with van der Waals surface area (Å²) in [6.45, 7) is 0. The number of sulfone groups is 1. The molecular weight excluding hydrogens is 475 g/mol. The highest BCUT2D eigenvalue weighted by atomic mass is 127. The van der Waals surface area contributed by atoms with Gasteiger partial charge in [0.2, 0.25) is 1.66 Å². The van der Waals surface area contributed by atoms with Crippen LogP contribution < -0.4 is 0 Å². The van der Waals surface area contributed by atoms with Crippen molar-refractivity contribution in [3.63, 3.8) is 0 Å². The average Bonchev–Trinajstić information content (AvgIpc) is 2.16. The number of halogens is 3. The van der Waals surface area contributed by atoms with Gasteiger partial charge >= 0.3 is 0 Å². The van der Waals surface area contributed by atoms with E-state index < -0.39 is 17.6 Å². The van der Waals surface area contributed by atoms with Crippen molar-refractivity contribution < 1.29 is 13.5 Å². The number of aliphatic hydroxyl groups excluding tert-OH is 1. The fourth-order valence-corrected chi connectivity index (χ4v) is 2.47. The van der Waals surface area contributed by atoms with Crippen LogP contribution in [0.2, 0.25) is 0 Å². The van der Waals surface area contributed by atoms with Gasteiger partial charge in [-0.25, -0.2) is 8.42 Å². The van der Waals surface area contributed by atoms with E-state index in [-0.39, 0.29) is 0 Å². The van der Waals surface area contributed by atoms with Gasteiger partial charge in [-0.2, -0.15) is 0 Å². The molecule has 0 unspecified atom stereocenters. The van der Waals surface area contributed by atoms with Gasteiger partial charge in [0.15, 0.2) is 9.84 Å². The molecule has 1 N–H and O–H groups in total. The first-order valence-corrected chi connectivity index (χ1v) is 8.73. The summed E-state index contributed by atoms with van der Waals surface area (Å²) in [5.74, 6) is 0. The van der Waals surface area contributed by atoms with Gasteiger partial charge in [0.05, 0.1) is 0 Å². The number of rotatable bonds is 3. The summed E-state index contributed by atoms with van der Waals surface area (Å²) in [6, 6.07) is 6.85. The molecule has 0 amide bonds. The molecule has 2 atom stereocenters. The van der Waals surface area contributed by atoms with Crippen molar-refractivity contribution in [3.8, 4) is 0 Å². The molecule has 0 aromatic heterocycles. The predicted molar refractivity (Wildman–Crippen MR) is 79.6 cm³/mol. The standard InChI is InChI=1S/C9H9Br2IO3S/c1-16(14,15)9(11,12)8(13)6-2-4-7(10)5-3-6/h2-5,8,13H,1H3/t8-,9+/m0/s1. The summed E-state index contributed by atoms with van der Waals surface area (Å²) < 4.78 is 22.5. The van der Waals surface area contributed by atoms with E-state index in [4.69, 9.17) is 0 Å². The summed E-state index contributed by atoms with van der Waals surface area (Å²) in [5, 5.41) is 10.0. The molecule has 1 aromatic rings. The van der Waals surface area contributed by atoms with Crippen LogP contribution in [0.25, 0.3) is 0 Å². The average molecular weight is 484 g/mol. The Labute approximate surface area is 125 Å². The van der Waals surface area contributed by atoms with Gasteiger partial charge in [0, 0.05) is 10.7 Å². The first-order chi connectivity index (χ1) is 7.16. The Morgan fingerprint density at radius 2 is 1.81 bits per heavy atom. The van der Waals surface area contributed by atoms with Crippen LogP contribution in [-0.4, -0.2) is 21.4 Å². The third-order valence-electron chi connectivity index (χ3n) is 2.00. The maximum absolute atomic E-state index is 11.5. The molecule has 3 nitrogen and oxygen atoms in total. The van der Waals surface area contributed by atoms with E-state index in [0.717, 1.165) is 10.7 Å². The van der Waals surface area contributed by atoms with E-state index >= 15 is 0 Å². The Kier molecular flexibility index (Phi) is 4.85. The van der Waals surface area contributed by atoms with Gasteiger partial charge in [-0.3, -0.25) is 0 Å². The fourth-order valence-electron chi connectivity index (χ4n) is 1.04. The van der Waals surface area contributed by atoms with Crippen LogP contribution in [0, 0.1) is 0 Å². The van der Waals surface area contributed by atoms with Crippen LogP contribution in [0.4, 0.5) is 0 Å². The van der Waals surface area contributed by atoms with Gasteiger partial charge in [0.25, 0.3) is 0 Å².